The van der Waals surface area contributed by atoms with E-state index >= 15 is 0 Å². The first kappa shape index (κ1) is 13.8. The Hall–Kier alpha value is -1.13. The number of aromatic nitrogens is 1. The second-order valence-corrected chi connectivity index (χ2v) is 6.47. The first-order chi connectivity index (χ1) is 9.77. The Morgan fingerprint density at radius 2 is 2.30 bits per heavy atom. The maximum atomic E-state index is 5.58. The molecule has 1 aromatic heterocycles. The molecule has 1 aliphatic heterocycles. The van der Waals surface area contributed by atoms with Gasteiger partial charge in [0.25, 0.3) is 0 Å². The zero-order valence-electron chi connectivity index (χ0n) is 12.2. The molecule has 108 valence electrons. The average molecular weight is 290 g/mol. The van der Waals surface area contributed by atoms with Gasteiger partial charge in [0.05, 0.1) is 22.4 Å². The van der Waals surface area contributed by atoms with Gasteiger partial charge >= 0.3 is 0 Å². The molecule has 0 radical (unpaired) electrons. The van der Waals surface area contributed by atoms with Gasteiger partial charge in [-0.25, -0.2) is 4.98 Å². The smallest absolute Gasteiger partial charge is 0.120 e. The summed E-state index contributed by atoms with van der Waals surface area (Å²) < 4.78 is 6.82. The number of thiazole rings is 1. The molecule has 0 spiro atoms. The molecule has 20 heavy (non-hydrogen) atoms. The van der Waals surface area contributed by atoms with Crippen LogP contribution in [0, 0.1) is 0 Å². The van der Waals surface area contributed by atoms with Crippen LogP contribution in [0.2, 0.25) is 0 Å². The monoisotopic (exact) mass is 290 g/mol. The predicted octanol–water partition coefficient (Wildman–Crippen LogP) is 4.07. The lowest BCUT2D eigenvalue weighted by atomic mass is 9.93. The Morgan fingerprint density at radius 1 is 1.40 bits per heavy atom. The summed E-state index contributed by atoms with van der Waals surface area (Å²) >= 11 is 1.82. The SMILES string of the molecule is CCCC1(c2nc3ccc(OCC)cc3s2)CCCN1. The maximum Gasteiger partial charge on any atom is 0.120 e. The molecular weight excluding hydrogens is 268 g/mol. The molecule has 2 aromatic rings. The van der Waals surface area contributed by atoms with Crippen LogP contribution in [0.4, 0.5) is 0 Å². The molecule has 1 aromatic carbocycles. The van der Waals surface area contributed by atoms with Gasteiger partial charge in [-0.15, -0.1) is 11.3 Å². The van der Waals surface area contributed by atoms with Crippen molar-refractivity contribution in [3.8, 4) is 5.75 Å². The highest BCUT2D eigenvalue weighted by Crippen LogP contribution is 2.39. The van der Waals surface area contributed by atoms with Gasteiger partial charge in [-0.3, -0.25) is 0 Å². The van der Waals surface area contributed by atoms with Gasteiger partial charge in [-0.2, -0.15) is 0 Å². The van der Waals surface area contributed by atoms with Crippen LogP contribution in [0.3, 0.4) is 0 Å². The van der Waals surface area contributed by atoms with Crippen molar-refractivity contribution >= 4 is 21.6 Å². The van der Waals surface area contributed by atoms with Gasteiger partial charge in [0, 0.05) is 0 Å². The van der Waals surface area contributed by atoms with Crippen molar-refractivity contribution < 1.29 is 4.74 Å². The first-order valence-electron chi connectivity index (χ1n) is 7.56. The van der Waals surface area contributed by atoms with E-state index in [-0.39, 0.29) is 5.54 Å². The fourth-order valence-electron chi connectivity index (χ4n) is 3.10. The van der Waals surface area contributed by atoms with Crippen molar-refractivity contribution in [1.29, 1.82) is 0 Å². The van der Waals surface area contributed by atoms with E-state index in [9.17, 15) is 0 Å². The largest absolute Gasteiger partial charge is 0.494 e. The second-order valence-electron chi connectivity index (χ2n) is 5.44. The minimum absolute atomic E-state index is 0.115. The van der Waals surface area contributed by atoms with Gasteiger partial charge in [0.2, 0.25) is 0 Å². The lowest BCUT2D eigenvalue weighted by Gasteiger charge is -2.26. The molecule has 0 bridgehead atoms. The van der Waals surface area contributed by atoms with E-state index in [1.165, 1.54) is 35.4 Å². The van der Waals surface area contributed by atoms with Crippen LogP contribution in [0.15, 0.2) is 18.2 Å². The van der Waals surface area contributed by atoms with E-state index in [0.29, 0.717) is 6.61 Å². The van der Waals surface area contributed by atoms with Gasteiger partial charge in [0.1, 0.15) is 10.8 Å². The van der Waals surface area contributed by atoms with Crippen LogP contribution in [0.1, 0.15) is 44.5 Å². The highest BCUT2D eigenvalue weighted by atomic mass is 32.1. The lowest BCUT2D eigenvalue weighted by Crippen LogP contribution is -2.36. The molecule has 1 atom stereocenters. The first-order valence-corrected chi connectivity index (χ1v) is 8.38. The van der Waals surface area contributed by atoms with E-state index in [0.717, 1.165) is 17.8 Å². The minimum atomic E-state index is 0.115. The number of rotatable bonds is 5. The Kier molecular flexibility index (Phi) is 3.94. The third-order valence-corrected chi connectivity index (χ3v) is 5.22. The topological polar surface area (TPSA) is 34.1 Å². The Morgan fingerprint density at radius 3 is 3.00 bits per heavy atom. The molecule has 0 aliphatic carbocycles. The van der Waals surface area contributed by atoms with Crippen molar-refractivity contribution in [2.24, 2.45) is 0 Å². The molecule has 1 unspecified atom stereocenters. The zero-order valence-corrected chi connectivity index (χ0v) is 13.1. The Balaban J connectivity index is 1.98. The number of ether oxygens (including phenoxy) is 1. The molecule has 0 saturated carbocycles. The van der Waals surface area contributed by atoms with Crippen molar-refractivity contribution in [2.75, 3.05) is 13.2 Å². The number of nitrogens with zero attached hydrogens (tertiary/aromatic N) is 1. The minimum Gasteiger partial charge on any atom is -0.494 e. The van der Waals surface area contributed by atoms with Crippen LogP contribution in [0.5, 0.6) is 5.75 Å². The normalized spacial score (nSPS) is 22.5. The molecular formula is C16H22N2OS. The van der Waals surface area contributed by atoms with E-state index in [1.54, 1.807) is 0 Å². The molecule has 1 fully saturated rings. The fraction of sp³-hybridized carbons (Fsp3) is 0.562. The number of hydrogen-bond donors (Lipinski definition) is 1. The number of fused-ring (bicyclic) bond motifs is 1. The Bertz CT molecular complexity index is 587. The standard InChI is InChI=1S/C16H22N2OS/c1-3-8-16(9-5-10-17-16)15-18-13-7-6-12(19-4-2)11-14(13)20-15/h6-7,11,17H,3-5,8-10H2,1-2H3. The van der Waals surface area contributed by atoms with E-state index in [1.807, 2.05) is 24.3 Å². The van der Waals surface area contributed by atoms with Crippen molar-refractivity contribution in [2.45, 2.75) is 45.1 Å². The third kappa shape index (κ3) is 2.42. The van der Waals surface area contributed by atoms with Crippen molar-refractivity contribution in [3.05, 3.63) is 23.2 Å². The van der Waals surface area contributed by atoms with Crippen LogP contribution in [-0.4, -0.2) is 18.1 Å². The lowest BCUT2D eigenvalue weighted by molar-refractivity contribution is 0.341. The van der Waals surface area contributed by atoms with Gasteiger partial charge in [-0.05, 0) is 50.9 Å². The molecule has 0 amide bonds. The molecule has 1 N–H and O–H groups in total. The average Bonchev–Trinajstić information content (AvgIpc) is 3.06. The molecule has 3 nitrogen and oxygen atoms in total. The van der Waals surface area contributed by atoms with Crippen molar-refractivity contribution in [3.63, 3.8) is 0 Å². The van der Waals surface area contributed by atoms with Crippen molar-refractivity contribution in [1.82, 2.24) is 10.3 Å². The van der Waals surface area contributed by atoms with E-state index in [2.05, 4.69) is 24.4 Å². The number of hydrogen-bond acceptors (Lipinski definition) is 4. The zero-order chi connectivity index (χ0) is 14.0. The molecule has 4 heteroatoms. The quantitative estimate of drug-likeness (QED) is 0.901. The summed E-state index contributed by atoms with van der Waals surface area (Å²) in [6.45, 7) is 6.09. The van der Waals surface area contributed by atoms with E-state index < -0.39 is 0 Å². The summed E-state index contributed by atoms with van der Waals surface area (Å²) in [5.41, 5.74) is 1.21. The summed E-state index contributed by atoms with van der Waals surface area (Å²) in [7, 11) is 0. The van der Waals surface area contributed by atoms with Crippen LogP contribution in [-0.2, 0) is 5.54 Å². The summed E-state index contributed by atoms with van der Waals surface area (Å²) in [5, 5.41) is 4.96. The molecule has 2 heterocycles. The third-order valence-electron chi connectivity index (χ3n) is 4.00. The van der Waals surface area contributed by atoms with Crippen LogP contribution in [0.25, 0.3) is 10.2 Å². The molecule has 3 rings (SSSR count). The van der Waals surface area contributed by atoms with Gasteiger partial charge in [0.15, 0.2) is 0 Å². The highest BCUT2D eigenvalue weighted by Gasteiger charge is 2.37. The summed E-state index contributed by atoms with van der Waals surface area (Å²) in [4.78, 5) is 4.89. The summed E-state index contributed by atoms with van der Waals surface area (Å²) in [6, 6.07) is 6.22. The van der Waals surface area contributed by atoms with Crippen LogP contribution >= 0.6 is 11.3 Å². The Labute approximate surface area is 124 Å². The predicted molar refractivity (Wildman–Crippen MR) is 84.6 cm³/mol. The van der Waals surface area contributed by atoms with E-state index in [4.69, 9.17) is 9.72 Å². The van der Waals surface area contributed by atoms with Gasteiger partial charge < -0.3 is 10.1 Å². The maximum absolute atomic E-state index is 5.58. The molecule has 1 saturated heterocycles. The van der Waals surface area contributed by atoms with Gasteiger partial charge in [-0.1, -0.05) is 13.3 Å². The summed E-state index contributed by atoms with van der Waals surface area (Å²) in [6.07, 6.45) is 4.82. The number of benzene rings is 1. The van der Waals surface area contributed by atoms with Crippen LogP contribution < -0.4 is 10.1 Å². The summed E-state index contributed by atoms with van der Waals surface area (Å²) in [5.74, 6) is 0.944. The number of nitrogens with one attached hydrogen (secondary N) is 1. The highest BCUT2D eigenvalue weighted by molar-refractivity contribution is 7.18. The second kappa shape index (κ2) is 5.70. The fourth-order valence-corrected chi connectivity index (χ4v) is 4.32. The molecule has 1 aliphatic rings.